The summed E-state index contributed by atoms with van der Waals surface area (Å²) in [5.41, 5.74) is 3.18. The average molecular weight is 271 g/mol. The Morgan fingerprint density at radius 1 is 1.25 bits per heavy atom. The molecule has 1 aromatic carbocycles. The molecule has 0 aromatic heterocycles. The molecule has 108 valence electrons. The molecular formula is C18H25NO. The largest absolute Gasteiger partial charge is 0.497 e. The van der Waals surface area contributed by atoms with Crippen molar-refractivity contribution in [2.24, 2.45) is 5.92 Å². The maximum atomic E-state index is 5.46. The topological polar surface area (TPSA) is 12.5 Å². The van der Waals surface area contributed by atoms with Gasteiger partial charge in [0.2, 0.25) is 0 Å². The van der Waals surface area contributed by atoms with E-state index in [0.717, 1.165) is 18.1 Å². The number of benzene rings is 1. The van der Waals surface area contributed by atoms with Crippen LogP contribution in [-0.2, 0) is 11.8 Å². The molecule has 0 amide bonds. The zero-order valence-electron chi connectivity index (χ0n) is 13.0. The second kappa shape index (κ2) is 4.92. The molecular weight excluding hydrogens is 246 g/mol. The number of ether oxygens (including phenoxy) is 1. The minimum Gasteiger partial charge on any atom is -0.497 e. The first kappa shape index (κ1) is 13.7. The summed E-state index contributed by atoms with van der Waals surface area (Å²) in [4.78, 5) is 2.43. The molecule has 0 heterocycles. The maximum Gasteiger partial charge on any atom is 0.119 e. The molecule has 3 atom stereocenters. The first-order valence-electron chi connectivity index (χ1n) is 7.55. The number of methoxy groups -OCH3 is 1. The van der Waals surface area contributed by atoms with Crippen LogP contribution in [0.1, 0.15) is 30.9 Å². The van der Waals surface area contributed by atoms with Gasteiger partial charge < -0.3 is 9.64 Å². The Bertz CT molecular complexity index is 534. The molecule has 0 saturated carbocycles. The van der Waals surface area contributed by atoms with Crippen molar-refractivity contribution in [3.63, 3.8) is 0 Å². The molecule has 0 fully saturated rings. The summed E-state index contributed by atoms with van der Waals surface area (Å²) < 4.78 is 5.46. The number of hydrogen-bond donors (Lipinski definition) is 0. The van der Waals surface area contributed by atoms with E-state index in [1.807, 2.05) is 0 Å². The second-order valence-electron chi connectivity index (χ2n) is 6.72. The third-order valence-electron chi connectivity index (χ3n) is 5.22. The number of fused-ring (bicyclic) bond motifs is 4. The van der Waals surface area contributed by atoms with Gasteiger partial charge in [-0.05, 0) is 62.5 Å². The summed E-state index contributed by atoms with van der Waals surface area (Å²) in [6.45, 7) is 2.43. The molecule has 1 unspecified atom stereocenters. The van der Waals surface area contributed by atoms with Crippen LogP contribution in [0.15, 0.2) is 30.4 Å². The van der Waals surface area contributed by atoms with Crippen LogP contribution >= 0.6 is 0 Å². The van der Waals surface area contributed by atoms with Crippen LogP contribution in [0.2, 0.25) is 0 Å². The Balaban J connectivity index is 2.16. The van der Waals surface area contributed by atoms with E-state index in [0.29, 0.717) is 6.04 Å². The highest BCUT2D eigenvalue weighted by Crippen LogP contribution is 2.48. The predicted molar refractivity (Wildman–Crippen MR) is 83.4 cm³/mol. The van der Waals surface area contributed by atoms with Crippen molar-refractivity contribution < 1.29 is 4.74 Å². The first-order chi connectivity index (χ1) is 9.56. The van der Waals surface area contributed by atoms with Gasteiger partial charge in [0.05, 0.1) is 7.11 Å². The van der Waals surface area contributed by atoms with Gasteiger partial charge in [-0.15, -0.1) is 0 Å². The van der Waals surface area contributed by atoms with Crippen LogP contribution in [0.25, 0.3) is 0 Å². The summed E-state index contributed by atoms with van der Waals surface area (Å²) in [7, 11) is 6.21. The van der Waals surface area contributed by atoms with Crippen LogP contribution < -0.4 is 4.74 Å². The normalized spacial score (nSPS) is 31.9. The summed E-state index contributed by atoms with van der Waals surface area (Å²) in [6.07, 6.45) is 8.26. The molecule has 1 aromatic rings. The Kier molecular flexibility index (Phi) is 3.37. The van der Waals surface area contributed by atoms with Crippen molar-refractivity contribution in [1.29, 1.82) is 0 Å². The lowest BCUT2D eigenvalue weighted by Crippen LogP contribution is -2.53. The van der Waals surface area contributed by atoms with Gasteiger partial charge in [-0.2, -0.15) is 0 Å². The van der Waals surface area contributed by atoms with Gasteiger partial charge in [-0.3, -0.25) is 0 Å². The van der Waals surface area contributed by atoms with E-state index in [2.05, 4.69) is 56.3 Å². The SMILES string of the molecule is COc1ccc2c(c1)[C@@]1(C)CC=CCC(C2)[C@@H]1N(C)C. The fraction of sp³-hybridized carbons (Fsp3) is 0.556. The summed E-state index contributed by atoms with van der Waals surface area (Å²) in [6, 6.07) is 7.24. The molecule has 2 aliphatic carbocycles. The number of nitrogens with zero attached hydrogens (tertiary/aromatic N) is 1. The van der Waals surface area contributed by atoms with Crippen molar-refractivity contribution >= 4 is 0 Å². The van der Waals surface area contributed by atoms with Crippen molar-refractivity contribution in [2.45, 2.75) is 37.6 Å². The number of allylic oxidation sites excluding steroid dienone is 2. The Hall–Kier alpha value is -1.28. The highest BCUT2D eigenvalue weighted by Gasteiger charge is 2.46. The fourth-order valence-corrected chi connectivity index (χ4v) is 4.50. The van der Waals surface area contributed by atoms with Crippen LogP contribution in [0.5, 0.6) is 5.75 Å². The van der Waals surface area contributed by atoms with Gasteiger partial charge in [0.15, 0.2) is 0 Å². The van der Waals surface area contributed by atoms with E-state index in [9.17, 15) is 0 Å². The zero-order chi connectivity index (χ0) is 14.3. The van der Waals surface area contributed by atoms with Crippen LogP contribution in [0.3, 0.4) is 0 Å². The van der Waals surface area contributed by atoms with Gasteiger partial charge in [0.25, 0.3) is 0 Å². The molecule has 0 radical (unpaired) electrons. The fourth-order valence-electron chi connectivity index (χ4n) is 4.50. The zero-order valence-corrected chi connectivity index (χ0v) is 13.0. The second-order valence-corrected chi connectivity index (χ2v) is 6.72. The number of hydrogen-bond acceptors (Lipinski definition) is 2. The molecule has 2 aliphatic rings. The lowest BCUT2D eigenvalue weighted by molar-refractivity contribution is 0.112. The summed E-state index contributed by atoms with van der Waals surface area (Å²) in [5.74, 6) is 1.70. The molecule has 2 heteroatoms. The Labute approximate surface area is 122 Å². The van der Waals surface area contributed by atoms with Gasteiger partial charge in [0.1, 0.15) is 5.75 Å². The van der Waals surface area contributed by atoms with E-state index < -0.39 is 0 Å². The Morgan fingerprint density at radius 2 is 2.05 bits per heavy atom. The average Bonchev–Trinajstić information content (AvgIpc) is 2.55. The first-order valence-corrected chi connectivity index (χ1v) is 7.55. The lowest BCUT2D eigenvalue weighted by atomic mass is 9.62. The van der Waals surface area contributed by atoms with Crippen LogP contribution in [0.4, 0.5) is 0 Å². The quantitative estimate of drug-likeness (QED) is 0.764. The summed E-state index contributed by atoms with van der Waals surface area (Å²) >= 11 is 0. The smallest absolute Gasteiger partial charge is 0.119 e. The Morgan fingerprint density at radius 3 is 2.75 bits per heavy atom. The van der Waals surface area contributed by atoms with E-state index in [1.54, 1.807) is 7.11 Å². The third kappa shape index (κ3) is 1.98. The molecule has 2 bridgehead atoms. The van der Waals surface area contributed by atoms with E-state index in [1.165, 1.54) is 24.0 Å². The van der Waals surface area contributed by atoms with Crippen molar-refractivity contribution in [1.82, 2.24) is 4.90 Å². The van der Waals surface area contributed by atoms with E-state index >= 15 is 0 Å². The monoisotopic (exact) mass is 271 g/mol. The van der Waals surface area contributed by atoms with Gasteiger partial charge >= 0.3 is 0 Å². The minimum atomic E-state index is 0.184. The molecule has 2 nitrogen and oxygen atoms in total. The molecule has 20 heavy (non-hydrogen) atoms. The minimum absolute atomic E-state index is 0.184. The summed E-state index contributed by atoms with van der Waals surface area (Å²) in [5, 5.41) is 0. The van der Waals surface area contributed by atoms with Crippen molar-refractivity contribution in [3.05, 3.63) is 41.5 Å². The van der Waals surface area contributed by atoms with Gasteiger partial charge in [0, 0.05) is 11.5 Å². The number of rotatable bonds is 2. The highest BCUT2D eigenvalue weighted by atomic mass is 16.5. The standard InChI is InChI=1S/C18H25NO/c1-18-10-6-5-7-14(17(18)19(2)3)11-13-8-9-15(20-4)12-16(13)18/h5-6,8-9,12,14,17H,7,10-11H2,1-4H3/t14?,17-,18+/m0/s1. The molecule has 3 rings (SSSR count). The molecule has 0 aliphatic heterocycles. The van der Waals surface area contributed by atoms with Crippen molar-refractivity contribution in [3.8, 4) is 5.75 Å². The number of likely N-dealkylation sites (N-methyl/N-ethyl adjacent to an activating group) is 1. The van der Waals surface area contributed by atoms with Gasteiger partial charge in [-0.1, -0.05) is 25.1 Å². The van der Waals surface area contributed by atoms with Crippen molar-refractivity contribution in [2.75, 3.05) is 21.2 Å². The lowest BCUT2D eigenvalue weighted by Gasteiger charge is -2.49. The predicted octanol–water partition coefficient (Wildman–Crippen LogP) is 3.41. The highest BCUT2D eigenvalue weighted by molar-refractivity contribution is 5.45. The van der Waals surface area contributed by atoms with Crippen LogP contribution in [0, 0.1) is 5.92 Å². The van der Waals surface area contributed by atoms with Gasteiger partial charge in [-0.25, -0.2) is 0 Å². The third-order valence-corrected chi connectivity index (χ3v) is 5.22. The van der Waals surface area contributed by atoms with Crippen LogP contribution in [-0.4, -0.2) is 32.1 Å². The van der Waals surface area contributed by atoms with E-state index in [4.69, 9.17) is 4.74 Å². The molecule has 0 N–H and O–H groups in total. The van der Waals surface area contributed by atoms with E-state index in [-0.39, 0.29) is 5.41 Å². The maximum absolute atomic E-state index is 5.46. The molecule has 0 spiro atoms. The molecule has 0 saturated heterocycles.